The number of carbonyl (C=O) groups is 2. The Balaban J connectivity index is 0. The number of aliphatic hydroxyl groups is 2. The Hall–Kier alpha value is -1.22. The van der Waals surface area contributed by atoms with Crippen molar-refractivity contribution in [3.63, 3.8) is 0 Å². The maximum absolute atomic E-state index is 11.7. The SMILES string of the molecule is CCN(CC(=O)OC(C)(C)C)C(CO)C(C)C.CCN(CC(=O)OC(C)(C)C)[C@@H](C)CO. The summed E-state index contributed by atoms with van der Waals surface area (Å²) in [6.45, 7) is 23.0. The summed E-state index contributed by atoms with van der Waals surface area (Å²) < 4.78 is 10.5. The highest BCUT2D eigenvalue weighted by Crippen LogP contribution is 2.12. The number of likely N-dealkylation sites (N-methyl/N-ethyl adjacent to an activating group) is 2. The molecule has 0 amide bonds. The average molecular weight is 463 g/mol. The molecule has 0 aliphatic heterocycles. The molecule has 2 N–H and O–H groups in total. The lowest BCUT2D eigenvalue weighted by Gasteiger charge is -2.32. The van der Waals surface area contributed by atoms with Crippen molar-refractivity contribution in [1.29, 1.82) is 0 Å². The second-order valence-corrected chi connectivity index (χ2v) is 10.3. The highest BCUT2D eigenvalue weighted by Gasteiger charge is 2.25. The third kappa shape index (κ3) is 16.4. The second-order valence-electron chi connectivity index (χ2n) is 10.3. The van der Waals surface area contributed by atoms with Gasteiger partial charge in [0.1, 0.15) is 11.2 Å². The largest absolute Gasteiger partial charge is 0.459 e. The molecular formula is C24H50N2O6. The van der Waals surface area contributed by atoms with Gasteiger partial charge in [0.15, 0.2) is 0 Å². The first-order chi connectivity index (χ1) is 14.5. The van der Waals surface area contributed by atoms with E-state index in [1.165, 1.54) is 0 Å². The van der Waals surface area contributed by atoms with E-state index < -0.39 is 11.2 Å². The predicted molar refractivity (Wildman–Crippen MR) is 128 cm³/mol. The molecule has 0 aliphatic rings. The fraction of sp³-hybridized carbons (Fsp3) is 0.917. The molecule has 192 valence electrons. The van der Waals surface area contributed by atoms with E-state index in [1.54, 1.807) is 0 Å². The van der Waals surface area contributed by atoms with Gasteiger partial charge in [-0.3, -0.25) is 19.4 Å². The zero-order valence-electron chi connectivity index (χ0n) is 22.4. The summed E-state index contributed by atoms with van der Waals surface area (Å²) in [5, 5.41) is 18.3. The zero-order valence-corrected chi connectivity index (χ0v) is 22.4. The van der Waals surface area contributed by atoms with Crippen LogP contribution in [0.4, 0.5) is 0 Å². The molecule has 0 aromatic heterocycles. The number of ether oxygens (including phenoxy) is 2. The summed E-state index contributed by atoms with van der Waals surface area (Å²) >= 11 is 0. The number of aliphatic hydroxyl groups excluding tert-OH is 2. The van der Waals surface area contributed by atoms with Crippen LogP contribution in [0.25, 0.3) is 0 Å². The summed E-state index contributed by atoms with van der Waals surface area (Å²) in [7, 11) is 0. The van der Waals surface area contributed by atoms with E-state index in [1.807, 2.05) is 86.0 Å². The molecule has 0 spiro atoms. The fourth-order valence-electron chi connectivity index (χ4n) is 2.99. The first-order valence-electron chi connectivity index (χ1n) is 11.6. The smallest absolute Gasteiger partial charge is 0.320 e. The lowest BCUT2D eigenvalue weighted by atomic mass is 10.0. The Morgan fingerprint density at radius 1 is 0.750 bits per heavy atom. The van der Waals surface area contributed by atoms with E-state index in [2.05, 4.69) is 0 Å². The van der Waals surface area contributed by atoms with Gasteiger partial charge in [0.25, 0.3) is 0 Å². The number of nitrogens with zero attached hydrogens (tertiary/aromatic N) is 2. The van der Waals surface area contributed by atoms with Crippen molar-refractivity contribution >= 4 is 11.9 Å². The van der Waals surface area contributed by atoms with Gasteiger partial charge >= 0.3 is 11.9 Å². The van der Waals surface area contributed by atoms with Gasteiger partial charge in [-0.2, -0.15) is 0 Å². The van der Waals surface area contributed by atoms with Crippen molar-refractivity contribution in [1.82, 2.24) is 9.80 Å². The van der Waals surface area contributed by atoms with Crippen molar-refractivity contribution in [3.8, 4) is 0 Å². The van der Waals surface area contributed by atoms with Gasteiger partial charge in [-0.1, -0.05) is 27.7 Å². The van der Waals surface area contributed by atoms with E-state index in [-0.39, 0.29) is 50.3 Å². The lowest BCUT2D eigenvalue weighted by molar-refractivity contribution is -0.158. The van der Waals surface area contributed by atoms with Gasteiger partial charge in [0.2, 0.25) is 0 Å². The van der Waals surface area contributed by atoms with Crippen LogP contribution >= 0.6 is 0 Å². The van der Waals surface area contributed by atoms with Crippen LogP contribution in [0.15, 0.2) is 0 Å². The molecule has 0 radical (unpaired) electrons. The number of hydrogen-bond acceptors (Lipinski definition) is 8. The number of hydrogen-bond donors (Lipinski definition) is 2. The molecular weight excluding hydrogens is 412 g/mol. The molecule has 0 rings (SSSR count). The maximum Gasteiger partial charge on any atom is 0.320 e. The molecule has 8 nitrogen and oxygen atoms in total. The van der Waals surface area contributed by atoms with E-state index in [9.17, 15) is 14.7 Å². The van der Waals surface area contributed by atoms with Crippen LogP contribution < -0.4 is 0 Å². The third-order valence-electron chi connectivity index (χ3n) is 4.63. The normalized spacial score (nSPS) is 14.1. The van der Waals surface area contributed by atoms with Crippen LogP contribution in [0, 0.1) is 5.92 Å². The number of carbonyl (C=O) groups excluding carboxylic acids is 2. The maximum atomic E-state index is 11.7. The summed E-state index contributed by atoms with van der Waals surface area (Å²) in [5.74, 6) is -0.175. The summed E-state index contributed by atoms with van der Waals surface area (Å²) in [5.41, 5.74) is -0.901. The van der Waals surface area contributed by atoms with Crippen LogP contribution in [0.3, 0.4) is 0 Å². The van der Waals surface area contributed by atoms with E-state index in [0.29, 0.717) is 5.92 Å². The molecule has 0 saturated carbocycles. The predicted octanol–water partition coefficient (Wildman–Crippen LogP) is 2.70. The Morgan fingerprint density at radius 3 is 1.38 bits per heavy atom. The Bertz CT molecular complexity index is 526. The van der Waals surface area contributed by atoms with E-state index >= 15 is 0 Å². The standard InChI is InChI=1S/C13H27NO3.C11H23NO3/c1-7-14(11(9-15)10(2)3)8-12(16)17-13(4,5)6;1-6-12(9(2)8-13)7-10(14)15-11(3,4)5/h10-11,15H,7-9H2,1-6H3;9,13H,6-8H2,1-5H3/t;9-/m.0/s1. The molecule has 0 bridgehead atoms. The fourth-order valence-corrected chi connectivity index (χ4v) is 2.99. The molecule has 2 atom stereocenters. The van der Waals surface area contributed by atoms with Crippen molar-refractivity contribution in [2.24, 2.45) is 5.92 Å². The molecule has 0 fully saturated rings. The lowest BCUT2D eigenvalue weighted by Crippen LogP contribution is -2.45. The van der Waals surface area contributed by atoms with Gasteiger partial charge in [0, 0.05) is 12.1 Å². The Morgan fingerprint density at radius 2 is 1.12 bits per heavy atom. The van der Waals surface area contributed by atoms with Crippen LogP contribution in [-0.2, 0) is 19.1 Å². The minimum atomic E-state index is -0.455. The molecule has 0 saturated heterocycles. The number of rotatable bonds is 11. The molecule has 0 aromatic carbocycles. The summed E-state index contributed by atoms with van der Waals surface area (Å²) in [6, 6.07) is -0.00460. The quantitative estimate of drug-likeness (QED) is 0.452. The molecule has 32 heavy (non-hydrogen) atoms. The first-order valence-corrected chi connectivity index (χ1v) is 11.6. The Labute approximate surface area is 196 Å². The molecule has 0 aliphatic carbocycles. The minimum absolute atomic E-state index is 0.00696. The van der Waals surface area contributed by atoms with Gasteiger partial charge in [-0.15, -0.1) is 0 Å². The first kappa shape index (κ1) is 33.0. The van der Waals surface area contributed by atoms with Crippen LogP contribution in [0.5, 0.6) is 0 Å². The molecule has 8 heteroatoms. The second kappa shape index (κ2) is 15.6. The minimum Gasteiger partial charge on any atom is -0.459 e. The van der Waals surface area contributed by atoms with Crippen molar-refractivity contribution < 1.29 is 29.3 Å². The van der Waals surface area contributed by atoms with Crippen LogP contribution in [-0.4, -0.2) is 94.6 Å². The monoisotopic (exact) mass is 462 g/mol. The molecule has 0 aromatic rings. The number of esters is 2. The van der Waals surface area contributed by atoms with Gasteiger partial charge < -0.3 is 19.7 Å². The summed E-state index contributed by atoms with van der Waals surface area (Å²) in [6.07, 6.45) is 0. The highest BCUT2D eigenvalue weighted by molar-refractivity contribution is 5.72. The van der Waals surface area contributed by atoms with Gasteiger partial charge in [0.05, 0.1) is 26.3 Å². The zero-order chi connectivity index (χ0) is 25.7. The molecule has 1 unspecified atom stereocenters. The van der Waals surface area contributed by atoms with Crippen LogP contribution in [0.1, 0.15) is 76.2 Å². The Kier molecular flexibility index (Phi) is 16.1. The van der Waals surface area contributed by atoms with Gasteiger partial charge in [-0.25, -0.2) is 0 Å². The summed E-state index contributed by atoms with van der Waals surface area (Å²) in [4.78, 5) is 27.1. The highest BCUT2D eigenvalue weighted by atomic mass is 16.6. The van der Waals surface area contributed by atoms with Gasteiger partial charge in [-0.05, 0) is 67.5 Å². The topological polar surface area (TPSA) is 99.5 Å². The van der Waals surface area contributed by atoms with E-state index in [4.69, 9.17) is 14.6 Å². The average Bonchev–Trinajstić information content (AvgIpc) is 2.62. The molecule has 0 heterocycles. The third-order valence-corrected chi connectivity index (χ3v) is 4.63. The van der Waals surface area contributed by atoms with Crippen molar-refractivity contribution in [3.05, 3.63) is 0 Å². The van der Waals surface area contributed by atoms with Crippen LogP contribution in [0.2, 0.25) is 0 Å². The van der Waals surface area contributed by atoms with E-state index in [0.717, 1.165) is 13.1 Å². The van der Waals surface area contributed by atoms with Crippen molar-refractivity contribution in [2.45, 2.75) is 99.4 Å². The van der Waals surface area contributed by atoms with Crippen molar-refractivity contribution in [2.75, 3.05) is 39.4 Å².